The Kier molecular flexibility index (Phi) is 5.31. The molecule has 0 spiro atoms. The number of nitrogens with zero attached hydrogens (tertiary/aromatic N) is 2. The van der Waals surface area contributed by atoms with Gasteiger partial charge in [0.15, 0.2) is 0 Å². The average Bonchev–Trinajstić information content (AvgIpc) is 3.00. The van der Waals surface area contributed by atoms with Gasteiger partial charge in [-0.25, -0.2) is 0 Å². The molecule has 0 radical (unpaired) electrons. The van der Waals surface area contributed by atoms with Crippen LogP contribution in [-0.2, 0) is 9.59 Å². The van der Waals surface area contributed by atoms with Crippen LogP contribution in [-0.4, -0.2) is 32.7 Å². The Labute approximate surface area is 172 Å². The summed E-state index contributed by atoms with van der Waals surface area (Å²) in [7, 11) is 0. The normalized spacial score (nSPS) is 22.6. The number of aliphatic hydroxyl groups excluding tert-OH is 1. The van der Waals surface area contributed by atoms with Gasteiger partial charge in [0.25, 0.3) is 11.7 Å². The summed E-state index contributed by atoms with van der Waals surface area (Å²) >= 11 is 3.37. The van der Waals surface area contributed by atoms with E-state index >= 15 is 0 Å². The first kappa shape index (κ1) is 18.9. The van der Waals surface area contributed by atoms with Crippen LogP contribution in [0, 0.1) is 0 Å². The molecule has 4 rings (SSSR count). The molecule has 28 heavy (non-hydrogen) atoms. The second-order valence-electron chi connectivity index (χ2n) is 7.29. The van der Waals surface area contributed by atoms with Crippen LogP contribution in [0.4, 0.5) is 0 Å². The van der Waals surface area contributed by atoms with Crippen LogP contribution in [0.25, 0.3) is 5.76 Å². The van der Waals surface area contributed by atoms with Crippen molar-refractivity contribution in [2.45, 2.75) is 44.2 Å². The number of pyridine rings is 1. The molecule has 5 nitrogen and oxygen atoms in total. The van der Waals surface area contributed by atoms with E-state index in [0.29, 0.717) is 5.56 Å². The summed E-state index contributed by atoms with van der Waals surface area (Å²) in [6.45, 7) is 0. The van der Waals surface area contributed by atoms with E-state index in [1.54, 1.807) is 47.6 Å². The highest BCUT2D eigenvalue weighted by Crippen LogP contribution is 2.42. The molecule has 1 N–H and O–H groups in total. The lowest BCUT2D eigenvalue weighted by molar-refractivity contribution is -0.141. The van der Waals surface area contributed by atoms with Gasteiger partial charge in [-0.2, -0.15) is 0 Å². The van der Waals surface area contributed by atoms with Gasteiger partial charge in [-0.15, -0.1) is 0 Å². The standard InChI is InChI=1S/C22H21BrN2O3/c23-16-10-8-14(9-11-16)20(26)18-19(15-5-4-12-24-13-15)25(22(28)21(18)27)17-6-2-1-3-7-17/h4-5,8-13,17,19,26H,1-3,6-7H2/b20-18-. The zero-order valence-electron chi connectivity index (χ0n) is 15.3. The molecule has 2 aliphatic rings. The van der Waals surface area contributed by atoms with E-state index in [1.807, 2.05) is 6.07 Å². The van der Waals surface area contributed by atoms with Crippen molar-refractivity contribution >= 4 is 33.4 Å². The molecule has 1 aliphatic carbocycles. The molecule has 2 fully saturated rings. The lowest BCUT2D eigenvalue weighted by Gasteiger charge is -2.35. The van der Waals surface area contributed by atoms with Crippen LogP contribution < -0.4 is 0 Å². The highest BCUT2D eigenvalue weighted by Gasteiger charge is 2.48. The van der Waals surface area contributed by atoms with Crippen molar-refractivity contribution in [1.82, 2.24) is 9.88 Å². The number of benzene rings is 1. The lowest BCUT2D eigenvalue weighted by atomic mass is 9.91. The Hall–Kier alpha value is -2.47. The number of hydrogen-bond donors (Lipinski definition) is 1. The molecule has 1 atom stereocenters. The van der Waals surface area contributed by atoms with Gasteiger partial charge in [0.05, 0.1) is 11.6 Å². The Morgan fingerprint density at radius 1 is 1.07 bits per heavy atom. The molecule has 1 unspecified atom stereocenters. The SMILES string of the molecule is O=C1C(=O)N(C2CCCCC2)C(c2cccnc2)/C1=C(/O)c1ccc(Br)cc1. The molecular formula is C22H21BrN2O3. The number of likely N-dealkylation sites (tertiary alicyclic amines) is 1. The number of Topliss-reactive ketones (excluding diaryl/α,β-unsaturated/α-hetero) is 1. The third-order valence-electron chi connectivity index (χ3n) is 5.57. The van der Waals surface area contributed by atoms with Gasteiger partial charge in [-0.05, 0) is 36.6 Å². The number of hydrogen-bond acceptors (Lipinski definition) is 4. The fourth-order valence-electron chi connectivity index (χ4n) is 4.21. The van der Waals surface area contributed by atoms with E-state index < -0.39 is 17.7 Å². The van der Waals surface area contributed by atoms with Gasteiger partial charge in [-0.3, -0.25) is 14.6 Å². The van der Waals surface area contributed by atoms with E-state index in [2.05, 4.69) is 20.9 Å². The van der Waals surface area contributed by atoms with Gasteiger partial charge in [-0.1, -0.05) is 53.4 Å². The molecule has 1 aromatic carbocycles. The van der Waals surface area contributed by atoms with Crippen LogP contribution in [0.1, 0.15) is 49.3 Å². The number of carbonyl (C=O) groups excluding carboxylic acids is 2. The Bertz CT molecular complexity index is 919. The molecule has 6 heteroatoms. The van der Waals surface area contributed by atoms with Crippen molar-refractivity contribution in [3.05, 3.63) is 70.0 Å². The van der Waals surface area contributed by atoms with Crippen LogP contribution in [0.5, 0.6) is 0 Å². The predicted octanol–water partition coefficient (Wildman–Crippen LogP) is 4.60. The topological polar surface area (TPSA) is 70.5 Å². The van der Waals surface area contributed by atoms with E-state index in [-0.39, 0.29) is 17.4 Å². The van der Waals surface area contributed by atoms with Crippen LogP contribution in [0.3, 0.4) is 0 Å². The highest BCUT2D eigenvalue weighted by molar-refractivity contribution is 9.10. The van der Waals surface area contributed by atoms with Crippen molar-refractivity contribution in [1.29, 1.82) is 0 Å². The van der Waals surface area contributed by atoms with E-state index in [1.165, 1.54) is 0 Å². The summed E-state index contributed by atoms with van der Waals surface area (Å²) < 4.78 is 0.871. The average molecular weight is 441 g/mol. The third-order valence-corrected chi connectivity index (χ3v) is 6.09. The number of aromatic nitrogens is 1. The second kappa shape index (κ2) is 7.87. The molecule has 1 saturated carbocycles. The lowest BCUT2D eigenvalue weighted by Crippen LogP contribution is -2.40. The van der Waals surface area contributed by atoms with Crippen LogP contribution in [0.2, 0.25) is 0 Å². The largest absolute Gasteiger partial charge is 0.507 e. The molecule has 1 saturated heterocycles. The summed E-state index contributed by atoms with van der Waals surface area (Å²) in [6.07, 6.45) is 8.31. The summed E-state index contributed by atoms with van der Waals surface area (Å²) in [5.41, 5.74) is 1.40. The number of amides is 1. The molecular weight excluding hydrogens is 420 g/mol. The van der Waals surface area contributed by atoms with Crippen LogP contribution in [0.15, 0.2) is 58.8 Å². The van der Waals surface area contributed by atoms with Crippen LogP contribution >= 0.6 is 15.9 Å². The minimum atomic E-state index is -0.625. The number of rotatable bonds is 3. The maximum absolute atomic E-state index is 13.0. The summed E-state index contributed by atoms with van der Waals surface area (Å²) in [6, 6.07) is 10.1. The molecule has 0 bridgehead atoms. The van der Waals surface area contributed by atoms with E-state index in [4.69, 9.17) is 0 Å². The first-order chi connectivity index (χ1) is 13.6. The fourth-order valence-corrected chi connectivity index (χ4v) is 4.48. The summed E-state index contributed by atoms with van der Waals surface area (Å²) in [4.78, 5) is 31.8. The predicted molar refractivity (Wildman–Crippen MR) is 109 cm³/mol. The smallest absolute Gasteiger partial charge is 0.295 e. The van der Waals surface area contributed by atoms with Crippen molar-refractivity contribution < 1.29 is 14.7 Å². The minimum absolute atomic E-state index is 0.00521. The number of aliphatic hydroxyl groups is 1. The van der Waals surface area contributed by atoms with Gasteiger partial charge < -0.3 is 10.0 Å². The second-order valence-corrected chi connectivity index (χ2v) is 8.21. The number of carbonyl (C=O) groups is 2. The van der Waals surface area contributed by atoms with Crippen molar-refractivity contribution in [3.8, 4) is 0 Å². The Morgan fingerprint density at radius 3 is 2.43 bits per heavy atom. The highest BCUT2D eigenvalue weighted by atomic mass is 79.9. The Morgan fingerprint density at radius 2 is 1.79 bits per heavy atom. The van der Waals surface area contributed by atoms with Gasteiger partial charge in [0.1, 0.15) is 5.76 Å². The Balaban J connectivity index is 1.85. The minimum Gasteiger partial charge on any atom is -0.507 e. The van der Waals surface area contributed by atoms with Gasteiger partial charge in [0.2, 0.25) is 0 Å². The van der Waals surface area contributed by atoms with E-state index in [0.717, 1.165) is 42.1 Å². The maximum atomic E-state index is 13.0. The summed E-state index contributed by atoms with van der Waals surface area (Å²) in [5.74, 6) is -1.29. The number of halogens is 1. The molecule has 1 aromatic heterocycles. The monoisotopic (exact) mass is 440 g/mol. The molecule has 2 heterocycles. The quantitative estimate of drug-likeness (QED) is 0.430. The first-order valence-corrected chi connectivity index (χ1v) is 10.3. The van der Waals surface area contributed by atoms with Gasteiger partial charge in [0, 0.05) is 28.5 Å². The molecule has 1 amide bonds. The first-order valence-electron chi connectivity index (χ1n) is 9.54. The van der Waals surface area contributed by atoms with Crippen molar-refractivity contribution in [3.63, 3.8) is 0 Å². The molecule has 144 valence electrons. The summed E-state index contributed by atoms with van der Waals surface area (Å²) in [5, 5.41) is 11.0. The van der Waals surface area contributed by atoms with Crippen molar-refractivity contribution in [2.75, 3.05) is 0 Å². The van der Waals surface area contributed by atoms with Gasteiger partial charge >= 0.3 is 0 Å². The van der Waals surface area contributed by atoms with Crippen molar-refractivity contribution in [2.24, 2.45) is 0 Å². The molecule has 2 aromatic rings. The number of ketones is 1. The fraction of sp³-hybridized carbons (Fsp3) is 0.318. The maximum Gasteiger partial charge on any atom is 0.295 e. The molecule has 1 aliphatic heterocycles. The zero-order valence-corrected chi connectivity index (χ0v) is 16.9. The van der Waals surface area contributed by atoms with E-state index in [9.17, 15) is 14.7 Å². The third kappa shape index (κ3) is 3.37. The zero-order chi connectivity index (χ0) is 19.7.